The average molecular weight is 382 g/mol. The first-order chi connectivity index (χ1) is 13.5. The van der Waals surface area contributed by atoms with E-state index in [4.69, 9.17) is 18.7 Å². The van der Waals surface area contributed by atoms with E-state index in [1.54, 1.807) is 0 Å². The summed E-state index contributed by atoms with van der Waals surface area (Å²) in [7, 11) is 0. The maximum Gasteiger partial charge on any atom is 0.344 e. The number of nitrogens with zero attached hydrogens (tertiary/aromatic N) is 2. The molecule has 0 N–H and O–H groups in total. The van der Waals surface area contributed by atoms with Crippen LogP contribution in [-0.4, -0.2) is 29.3 Å². The summed E-state index contributed by atoms with van der Waals surface area (Å²) >= 11 is 0. The Morgan fingerprint density at radius 3 is 2.57 bits per heavy atom. The molecule has 0 bridgehead atoms. The molecule has 1 heterocycles. The molecule has 0 aliphatic carbocycles. The fourth-order valence-electron chi connectivity index (χ4n) is 2.70. The number of esters is 1. The number of ether oxygens (including phenoxy) is 3. The van der Waals surface area contributed by atoms with Gasteiger partial charge in [0.25, 0.3) is 5.89 Å². The van der Waals surface area contributed by atoms with Gasteiger partial charge < -0.3 is 18.7 Å². The highest BCUT2D eigenvalue weighted by molar-refractivity contribution is 5.71. The largest absolute Gasteiger partial charge is 0.493 e. The highest BCUT2D eigenvalue weighted by atomic mass is 16.6. The van der Waals surface area contributed by atoms with Crippen LogP contribution in [0.1, 0.15) is 23.9 Å². The Morgan fingerprint density at radius 1 is 1.07 bits per heavy atom. The van der Waals surface area contributed by atoms with Crippen LogP contribution in [0, 0.1) is 13.8 Å². The second-order valence-electron chi connectivity index (χ2n) is 6.21. The molecule has 3 rings (SSSR count). The van der Waals surface area contributed by atoms with E-state index in [9.17, 15) is 4.79 Å². The van der Waals surface area contributed by atoms with Gasteiger partial charge in [-0.3, -0.25) is 0 Å². The predicted molar refractivity (Wildman–Crippen MR) is 102 cm³/mol. The summed E-state index contributed by atoms with van der Waals surface area (Å²) in [6.07, 6.45) is 0. The van der Waals surface area contributed by atoms with E-state index in [0.717, 1.165) is 11.1 Å². The van der Waals surface area contributed by atoms with Gasteiger partial charge in [-0.15, -0.1) is 0 Å². The van der Waals surface area contributed by atoms with Gasteiger partial charge in [0.2, 0.25) is 5.82 Å². The molecular weight excluding hydrogens is 360 g/mol. The molecule has 146 valence electrons. The third-order valence-electron chi connectivity index (χ3n) is 3.80. The van der Waals surface area contributed by atoms with E-state index in [1.807, 2.05) is 63.2 Å². The van der Waals surface area contributed by atoms with Gasteiger partial charge >= 0.3 is 5.97 Å². The molecular formula is C21H22N2O5. The maximum atomic E-state index is 11.9. The van der Waals surface area contributed by atoms with E-state index in [-0.39, 0.29) is 19.1 Å². The predicted octanol–water partition coefficient (Wildman–Crippen LogP) is 3.87. The zero-order valence-corrected chi connectivity index (χ0v) is 16.1. The fraction of sp³-hybridized carbons (Fsp3) is 0.286. The van der Waals surface area contributed by atoms with Crippen LogP contribution in [-0.2, 0) is 16.1 Å². The third kappa shape index (κ3) is 5.09. The third-order valence-corrected chi connectivity index (χ3v) is 3.80. The first-order valence-electron chi connectivity index (χ1n) is 8.96. The topological polar surface area (TPSA) is 83.7 Å². The minimum absolute atomic E-state index is 0.126. The molecule has 3 aromatic rings. The van der Waals surface area contributed by atoms with Crippen molar-refractivity contribution in [2.45, 2.75) is 27.4 Å². The smallest absolute Gasteiger partial charge is 0.344 e. The van der Waals surface area contributed by atoms with Crippen molar-refractivity contribution in [1.82, 2.24) is 10.1 Å². The number of hydrogen-bond donors (Lipinski definition) is 0. The highest BCUT2D eigenvalue weighted by Crippen LogP contribution is 2.27. The first kappa shape index (κ1) is 19.4. The summed E-state index contributed by atoms with van der Waals surface area (Å²) in [5.41, 5.74) is 2.84. The van der Waals surface area contributed by atoms with Crippen molar-refractivity contribution < 1.29 is 23.5 Å². The molecule has 2 aromatic carbocycles. The minimum atomic E-state index is -0.520. The molecule has 1 aromatic heterocycles. The van der Waals surface area contributed by atoms with Crippen molar-refractivity contribution in [3.63, 3.8) is 0 Å². The molecule has 0 atom stereocenters. The van der Waals surface area contributed by atoms with Crippen molar-refractivity contribution in [2.24, 2.45) is 0 Å². The summed E-state index contributed by atoms with van der Waals surface area (Å²) in [6, 6.07) is 13.1. The van der Waals surface area contributed by atoms with Gasteiger partial charge in [0.05, 0.1) is 12.2 Å². The van der Waals surface area contributed by atoms with Crippen LogP contribution < -0.4 is 9.47 Å². The maximum absolute atomic E-state index is 11.9. The molecule has 0 saturated carbocycles. The lowest BCUT2D eigenvalue weighted by Gasteiger charge is -2.07. The quantitative estimate of drug-likeness (QED) is 0.547. The Bertz CT molecular complexity index is 931. The van der Waals surface area contributed by atoms with Gasteiger partial charge in [-0.05, 0) is 56.2 Å². The lowest BCUT2D eigenvalue weighted by molar-refractivity contribution is -0.148. The average Bonchev–Trinajstić information content (AvgIpc) is 3.13. The molecule has 28 heavy (non-hydrogen) atoms. The van der Waals surface area contributed by atoms with Gasteiger partial charge in [0, 0.05) is 0 Å². The number of hydrogen-bond acceptors (Lipinski definition) is 7. The number of benzene rings is 2. The number of carbonyl (C=O) groups excluding carboxylic acids is 1. The van der Waals surface area contributed by atoms with Crippen molar-refractivity contribution in [2.75, 3.05) is 13.2 Å². The number of carbonyl (C=O) groups is 1. The number of para-hydroxylation sites is 1. The summed E-state index contributed by atoms with van der Waals surface area (Å²) in [5.74, 6) is 1.34. The van der Waals surface area contributed by atoms with Gasteiger partial charge in [0.1, 0.15) is 11.5 Å². The first-order valence-corrected chi connectivity index (χ1v) is 8.96. The van der Waals surface area contributed by atoms with Crippen LogP contribution in [0.15, 0.2) is 47.0 Å². The second-order valence-corrected chi connectivity index (χ2v) is 6.21. The van der Waals surface area contributed by atoms with Crippen LogP contribution >= 0.6 is 0 Å². The summed E-state index contributed by atoms with van der Waals surface area (Å²) in [6.45, 7) is 6.04. The fourth-order valence-corrected chi connectivity index (χ4v) is 2.70. The molecule has 0 fully saturated rings. The van der Waals surface area contributed by atoms with Gasteiger partial charge in [0.15, 0.2) is 13.2 Å². The number of aryl methyl sites for hydroxylation is 2. The lowest BCUT2D eigenvalue weighted by Crippen LogP contribution is -2.15. The number of aromatic nitrogens is 2. The van der Waals surface area contributed by atoms with E-state index in [2.05, 4.69) is 10.1 Å². The summed E-state index contributed by atoms with van der Waals surface area (Å²) in [5, 5.41) is 3.93. The van der Waals surface area contributed by atoms with Crippen molar-refractivity contribution in [1.29, 1.82) is 0 Å². The molecule has 7 heteroatoms. The van der Waals surface area contributed by atoms with Crippen LogP contribution in [0.3, 0.4) is 0 Å². The Labute approximate surface area is 163 Å². The zero-order valence-electron chi connectivity index (χ0n) is 16.1. The molecule has 0 aliphatic heterocycles. The molecule has 0 amide bonds. The van der Waals surface area contributed by atoms with Crippen LogP contribution in [0.2, 0.25) is 0 Å². The van der Waals surface area contributed by atoms with Gasteiger partial charge in [-0.2, -0.15) is 4.98 Å². The highest BCUT2D eigenvalue weighted by Gasteiger charge is 2.14. The molecule has 0 radical (unpaired) electrons. The molecule has 0 unspecified atom stereocenters. The van der Waals surface area contributed by atoms with Crippen molar-refractivity contribution >= 4 is 5.97 Å². The minimum Gasteiger partial charge on any atom is -0.493 e. The Balaban J connectivity index is 1.55. The van der Waals surface area contributed by atoms with Crippen molar-refractivity contribution in [3.05, 3.63) is 59.5 Å². The summed E-state index contributed by atoms with van der Waals surface area (Å²) in [4.78, 5) is 16.2. The normalized spacial score (nSPS) is 10.5. The molecule has 0 saturated heterocycles. The summed E-state index contributed by atoms with van der Waals surface area (Å²) < 4.78 is 21.4. The van der Waals surface area contributed by atoms with E-state index >= 15 is 0 Å². The Kier molecular flexibility index (Phi) is 6.26. The molecule has 0 spiro atoms. The Hall–Kier alpha value is -3.35. The lowest BCUT2D eigenvalue weighted by atomic mass is 10.1. The van der Waals surface area contributed by atoms with Crippen LogP contribution in [0.4, 0.5) is 0 Å². The van der Waals surface area contributed by atoms with Gasteiger partial charge in [-0.1, -0.05) is 23.4 Å². The second kappa shape index (κ2) is 9.03. The SMILES string of the molecule is CCOc1ccccc1-c1noc(COC(=O)COc2cc(C)cc(C)c2)n1. The standard InChI is InChI=1S/C21H22N2O5/c1-4-25-18-8-6-5-7-17(18)21-22-19(28-23-21)12-27-20(24)13-26-16-10-14(2)9-15(3)11-16/h5-11H,4,12-13H2,1-3H3. The van der Waals surface area contributed by atoms with Crippen molar-refractivity contribution in [3.8, 4) is 22.9 Å². The Morgan fingerprint density at radius 2 is 1.82 bits per heavy atom. The molecule has 0 aliphatic rings. The monoisotopic (exact) mass is 382 g/mol. The van der Waals surface area contributed by atoms with E-state index in [1.165, 1.54) is 0 Å². The van der Waals surface area contributed by atoms with E-state index in [0.29, 0.717) is 29.5 Å². The molecule has 7 nitrogen and oxygen atoms in total. The van der Waals surface area contributed by atoms with Crippen LogP contribution in [0.25, 0.3) is 11.4 Å². The van der Waals surface area contributed by atoms with E-state index < -0.39 is 5.97 Å². The van der Waals surface area contributed by atoms with Gasteiger partial charge in [-0.25, -0.2) is 4.79 Å². The number of rotatable bonds is 8. The zero-order chi connectivity index (χ0) is 19.9. The van der Waals surface area contributed by atoms with Crippen LogP contribution in [0.5, 0.6) is 11.5 Å².